The van der Waals surface area contributed by atoms with Gasteiger partial charge in [0.25, 0.3) is 5.91 Å². The molecule has 1 unspecified atom stereocenters. The summed E-state index contributed by atoms with van der Waals surface area (Å²) in [5, 5.41) is 13.1. The van der Waals surface area contributed by atoms with Gasteiger partial charge in [0.15, 0.2) is 0 Å². The van der Waals surface area contributed by atoms with Gasteiger partial charge in [0.05, 0.1) is 37.4 Å². The number of nitrogens with zero attached hydrogens (tertiary/aromatic N) is 2. The fourth-order valence-electron chi connectivity index (χ4n) is 4.77. The fourth-order valence-corrected chi connectivity index (χ4v) is 4.77. The molecule has 1 amide bonds. The lowest BCUT2D eigenvalue weighted by Crippen LogP contribution is -2.40. The molecule has 202 valence electrons. The number of carbonyl (C=O) groups is 3. The first-order valence-electron chi connectivity index (χ1n) is 12.4. The van der Waals surface area contributed by atoms with Gasteiger partial charge in [-0.15, -0.1) is 0 Å². The van der Waals surface area contributed by atoms with Gasteiger partial charge in [0, 0.05) is 16.9 Å². The average molecular weight is 537 g/mol. The SMILES string of the molecule is COC(=O)C1=C(C(=O)OC)N(c2cccc(C(=O)Nc3c(C)cccc3C)c2)C(N)=C(C#N)C1c1ccccc1. The van der Waals surface area contributed by atoms with Gasteiger partial charge in [-0.2, -0.15) is 5.26 Å². The number of rotatable bonds is 6. The third-order valence-electron chi connectivity index (χ3n) is 6.70. The highest BCUT2D eigenvalue weighted by Gasteiger charge is 2.43. The van der Waals surface area contributed by atoms with Crippen molar-refractivity contribution >= 4 is 29.2 Å². The molecular formula is C31H28N4O5. The Kier molecular flexibility index (Phi) is 8.01. The van der Waals surface area contributed by atoms with Crippen LogP contribution < -0.4 is 16.0 Å². The first-order chi connectivity index (χ1) is 19.2. The molecule has 1 aliphatic heterocycles. The Bertz CT molecular complexity index is 1580. The molecule has 3 N–H and O–H groups in total. The number of nitrogens with one attached hydrogen (secondary N) is 1. The van der Waals surface area contributed by atoms with Gasteiger partial charge >= 0.3 is 11.9 Å². The van der Waals surface area contributed by atoms with Gasteiger partial charge in [0.1, 0.15) is 11.5 Å². The highest BCUT2D eigenvalue weighted by Crippen LogP contribution is 2.43. The largest absolute Gasteiger partial charge is 0.466 e. The predicted octanol–water partition coefficient (Wildman–Crippen LogP) is 4.45. The molecule has 3 aromatic carbocycles. The summed E-state index contributed by atoms with van der Waals surface area (Å²) in [6.07, 6.45) is 0. The van der Waals surface area contributed by atoms with E-state index in [1.807, 2.05) is 32.0 Å². The zero-order valence-corrected chi connectivity index (χ0v) is 22.5. The monoisotopic (exact) mass is 536 g/mol. The maximum absolute atomic E-state index is 13.3. The predicted molar refractivity (Wildman–Crippen MR) is 150 cm³/mol. The number of para-hydroxylation sites is 1. The molecule has 9 heteroatoms. The van der Waals surface area contributed by atoms with Crippen LogP contribution in [0.1, 0.15) is 33.0 Å². The van der Waals surface area contributed by atoms with Crippen LogP contribution in [-0.2, 0) is 19.1 Å². The van der Waals surface area contributed by atoms with Crippen molar-refractivity contribution in [3.8, 4) is 6.07 Å². The van der Waals surface area contributed by atoms with Crippen LogP contribution in [0, 0.1) is 25.2 Å². The Morgan fingerprint density at radius 1 is 0.900 bits per heavy atom. The molecule has 1 aliphatic rings. The zero-order valence-electron chi connectivity index (χ0n) is 22.5. The number of carbonyl (C=O) groups excluding carboxylic acids is 3. The van der Waals surface area contributed by atoms with Crippen LogP contribution in [0.15, 0.2) is 95.5 Å². The molecule has 0 aliphatic carbocycles. The van der Waals surface area contributed by atoms with E-state index in [4.69, 9.17) is 15.2 Å². The second kappa shape index (κ2) is 11.6. The van der Waals surface area contributed by atoms with E-state index in [1.165, 1.54) is 25.2 Å². The lowest BCUT2D eigenvalue weighted by molar-refractivity contribution is -0.139. The van der Waals surface area contributed by atoms with E-state index in [0.717, 1.165) is 11.1 Å². The molecule has 0 spiro atoms. The van der Waals surface area contributed by atoms with Gasteiger partial charge in [0.2, 0.25) is 0 Å². The normalized spacial score (nSPS) is 14.9. The van der Waals surface area contributed by atoms with E-state index in [1.54, 1.807) is 48.5 Å². The summed E-state index contributed by atoms with van der Waals surface area (Å²) in [6, 6.07) is 22.9. The van der Waals surface area contributed by atoms with Crippen molar-refractivity contribution in [2.45, 2.75) is 19.8 Å². The standard InChI is InChI=1S/C31H28N4O5/c1-18-10-8-11-19(2)26(18)34-29(36)21-14-9-15-22(16-21)35-27(31(38)40-4)25(30(37)39-3)24(23(17-32)28(35)33)20-12-6-5-7-13-20/h5-16,24H,33H2,1-4H3,(H,34,36). The van der Waals surface area contributed by atoms with Crippen LogP contribution in [0.25, 0.3) is 0 Å². The second-order valence-corrected chi connectivity index (χ2v) is 9.11. The molecular weight excluding hydrogens is 508 g/mol. The number of aryl methyl sites for hydroxylation is 2. The number of hydrogen-bond donors (Lipinski definition) is 2. The van der Waals surface area contributed by atoms with Crippen LogP contribution in [0.5, 0.6) is 0 Å². The van der Waals surface area contributed by atoms with E-state index in [2.05, 4.69) is 11.4 Å². The molecule has 3 aromatic rings. The summed E-state index contributed by atoms with van der Waals surface area (Å²) < 4.78 is 10.1. The smallest absolute Gasteiger partial charge is 0.355 e. The Morgan fingerprint density at radius 2 is 1.52 bits per heavy atom. The molecule has 0 bridgehead atoms. The summed E-state index contributed by atoms with van der Waals surface area (Å²) in [6.45, 7) is 3.79. The molecule has 0 saturated carbocycles. The first kappa shape index (κ1) is 27.7. The van der Waals surface area contributed by atoms with Crippen molar-refractivity contribution < 1.29 is 23.9 Å². The van der Waals surface area contributed by atoms with E-state index >= 15 is 0 Å². The van der Waals surface area contributed by atoms with E-state index in [0.29, 0.717) is 11.3 Å². The molecule has 0 radical (unpaired) electrons. The number of benzene rings is 3. The highest BCUT2D eigenvalue weighted by molar-refractivity contribution is 6.08. The van der Waals surface area contributed by atoms with Crippen LogP contribution in [0.3, 0.4) is 0 Å². The van der Waals surface area contributed by atoms with Crippen LogP contribution in [0.2, 0.25) is 0 Å². The van der Waals surface area contributed by atoms with Gasteiger partial charge in [-0.1, -0.05) is 54.6 Å². The molecule has 1 atom stereocenters. The number of anilines is 2. The van der Waals surface area contributed by atoms with Crippen molar-refractivity contribution in [3.63, 3.8) is 0 Å². The summed E-state index contributed by atoms with van der Waals surface area (Å²) in [5.74, 6) is -3.16. The van der Waals surface area contributed by atoms with Gasteiger partial charge in [-0.05, 0) is 48.7 Å². The van der Waals surface area contributed by atoms with Crippen molar-refractivity contribution in [1.29, 1.82) is 5.26 Å². The Hall–Kier alpha value is -5.36. The molecule has 4 rings (SSSR count). The minimum atomic E-state index is -0.987. The van der Waals surface area contributed by atoms with Crippen molar-refractivity contribution in [1.82, 2.24) is 0 Å². The lowest BCUT2D eigenvalue weighted by Gasteiger charge is -2.36. The van der Waals surface area contributed by atoms with E-state index in [9.17, 15) is 19.6 Å². The molecule has 0 saturated heterocycles. The van der Waals surface area contributed by atoms with Crippen LogP contribution in [0.4, 0.5) is 11.4 Å². The summed E-state index contributed by atoms with van der Waals surface area (Å²) in [4.78, 5) is 41.0. The number of allylic oxidation sites excluding steroid dienone is 1. The van der Waals surface area contributed by atoms with E-state index in [-0.39, 0.29) is 33.9 Å². The van der Waals surface area contributed by atoms with E-state index < -0.39 is 23.8 Å². The maximum atomic E-state index is 13.3. The number of hydrogen-bond acceptors (Lipinski definition) is 8. The quantitative estimate of drug-likeness (QED) is 0.441. The third kappa shape index (κ3) is 5.02. The number of ether oxygens (including phenoxy) is 2. The van der Waals surface area contributed by atoms with Crippen molar-refractivity contribution in [3.05, 3.63) is 118 Å². The number of nitriles is 1. The first-order valence-corrected chi connectivity index (χ1v) is 12.4. The molecule has 9 nitrogen and oxygen atoms in total. The van der Waals surface area contributed by atoms with Crippen molar-refractivity contribution in [2.24, 2.45) is 5.73 Å². The topological polar surface area (TPSA) is 135 Å². The number of amides is 1. The summed E-state index contributed by atoms with van der Waals surface area (Å²) in [5.41, 5.74) is 9.85. The van der Waals surface area contributed by atoms with Gasteiger partial charge in [-0.3, -0.25) is 9.69 Å². The number of methoxy groups -OCH3 is 2. The fraction of sp³-hybridized carbons (Fsp3) is 0.161. The molecule has 0 fully saturated rings. The Morgan fingerprint density at radius 3 is 2.12 bits per heavy atom. The minimum Gasteiger partial charge on any atom is -0.466 e. The Labute approximate surface area is 232 Å². The minimum absolute atomic E-state index is 0.0321. The molecule has 40 heavy (non-hydrogen) atoms. The number of nitrogens with two attached hydrogens (primary N) is 1. The van der Waals surface area contributed by atoms with Gasteiger partial charge in [-0.25, -0.2) is 9.59 Å². The molecule has 1 heterocycles. The van der Waals surface area contributed by atoms with Crippen LogP contribution in [-0.4, -0.2) is 32.1 Å². The highest BCUT2D eigenvalue weighted by atomic mass is 16.5. The third-order valence-corrected chi connectivity index (χ3v) is 6.70. The number of esters is 2. The lowest BCUT2D eigenvalue weighted by atomic mass is 9.81. The van der Waals surface area contributed by atoms with Gasteiger partial charge < -0.3 is 20.5 Å². The second-order valence-electron chi connectivity index (χ2n) is 9.11. The zero-order chi connectivity index (χ0) is 29.0. The molecule has 0 aromatic heterocycles. The Balaban J connectivity index is 1.90. The van der Waals surface area contributed by atoms with Crippen molar-refractivity contribution in [2.75, 3.05) is 24.4 Å². The van der Waals surface area contributed by atoms with Crippen LogP contribution >= 0.6 is 0 Å². The summed E-state index contributed by atoms with van der Waals surface area (Å²) in [7, 11) is 2.36. The average Bonchev–Trinajstić information content (AvgIpc) is 2.97. The maximum Gasteiger partial charge on any atom is 0.355 e. The summed E-state index contributed by atoms with van der Waals surface area (Å²) >= 11 is 0.